The van der Waals surface area contributed by atoms with E-state index in [1.807, 2.05) is 17.0 Å². The number of carbonyl (C=O) groups excluding carboxylic acids is 1. The average Bonchev–Trinajstić information content (AvgIpc) is 3.28. The molecule has 6 heteroatoms. The van der Waals surface area contributed by atoms with Gasteiger partial charge in [-0.15, -0.1) is 10.2 Å². The summed E-state index contributed by atoms with van der Waals surface area (Å²) in [5.74, 6) is 0.882. The lowest BCUT2D eigenvalue weighted by Crippen LogP contribution is -2.49. The van der Waals surface area contributed by atoms with Gasteiger partial charge in [-0.1, -0.05) is 30.3 Å². The molecule has 3 heterocycles. The van der Waals surface area contributed by atoms with E-state index in [0.717, 1.165) is 58.1 Å². The maximum atomic E-state index is 12.7. The van der Waals surface area contributed by atoms with Crippen LogP contribution in [0.15, 0.2) is 42.5 Å². The van der Waals surface area contributed by atoms with Crippen LogP contribution in [0.5, 0.6) is 0 Å². The summed E-state index contributed by atoms with van der Waals surface area (Å²) in [5.41, 5.74) is 1.82. The topological polar surface area (TPSA) is 52.6 Å². The summed E-state index contributed by atoms with van der Waals surface area (Å²) < 4.78 is 0. The highest BCUT2D eigenvalue weighted by atomic mass is 16.2. The van der Waals surface area contributed by atoms with Crippen LogP contribution >= 0.6 is 0 Å². The van der Waals surface area contributed by atoms with E-state index in [2.05, 4.69) is 50.3 Å². The zero-order chi connectivity index (χ0) is 18.5. The fourth-order valence-corrected chi connectivity index (χ4v) is 3.82. The number of aromatic nitrogens is 2. The second-order valence-electron chi connectivity index (χ2n) is 7.34. The highest BCUT2D eigenvalue weighted by Crippen LogP contribution is 2.17. The van der Waals surface area contributed by atoms with E-state index in [4.69, 9.17) is 0 Å². The van der Waals surface area contributed by atoms with Crippen LogP contribution in [0.2, 0.25) is 0 Å². The number of piperazine rings is 1. The molecule has 0 aliphatic carbocycles. The van der Waals surface area contributed by atoms with Gasteiger partial charge in [0.2, 0.25) is 0 Å². The van der Waals surface area contributed by atoms with Gasteiger partial charge >= 0.3 is 0 Å². The lowest BCUT2D eigenvalue weighted by molar-refractivity contribution is 0.0631. The van der Waals surface area contributed by atoms with E-state index in [-0.39, 0.29) is 5.91 Å². The number of rotatable bonds is 5. The van der Waals surface area contributed by atoms with Gasteiger partial charge in [0.1, 0.15) is 0 Å². The Balaban J connectivity index is 1.27. The van der Waals surface area contributed by atoms with Crippen molar-refractivity contribution in [3.8, 4) is 0 Å². The lowest BCUT2D eigenvalue weighted by atomic mass is 10.1. The molecule has 1 amide bonds. The second kappa shape index (κ2) is 8.48. The van der Waals surface area contributed by atoms with Crippen molar-refractivity contribution < 1.29 is 4.79 Å². The summed E-state index contributed by atoms with van der Waals surface area (Å²) in [7, 11) is 0. The predicted octanol–water partition coefficient (Wildman–Crippen LogP) is 2.08. The molecule has 0 radical (unpaired) electrons. The van der Waals surface area contributed by atoms with Crippen molar-refractivity contribution >= 4 is 11.7 Å². The summed E-state index contributed by atoms with van der Waals surface area (Å²) in [5, 5.41) is 8.47. The van der Waals surface area contributed by atoms with E-state index < -0.39 is 0 Å². The van der Waals surface area contributed by atoms with Gasteiger partial charge in [-0.3, -0.25) is 9.69 Å². The van der Waals surface area contributed by atoms with E-state index in [1.165, 1.54) is 18.4 Å². The molecule has 0 saturated carbocycles. The monoisotopic (exact) mass is 365 g/mol. The van der Waals surface area contributed by atoms with Crippen molar-refractivity contribution in [2.45, 2.75) is 19.3 Å². The fraction of sp³-hybridized carbons (Fsp3) is 0.476. The molecule has 2 aromatic rings. The molecule has 142 valence electrons. The minimum absolute atomic E-state index is 0.00168. The van der Waals surface area contributed by atoms with Crippen molar-refractivity contribution in [3.05, 3.63) is 53.7 Å². The summed E-state index contributed by atoms with van der Waals surface area (Å²) >= 11 is 0. The second-order valence-corrected chi connectivity index (χ2v) is 7.34. The standard InChI is InChI=1S/C21H27N5O/c27-21(19-8-9-20(23-22-19)25-11-4-5-12-25)26-16-14-24(15-17-26)13-10-18-6-2-1-3-7-18/h1-3,6-9H,4-5,10-17H2. The fourth-order valence-electron chi connectivity index (χ4n) is 3.82. The molecule has 6 nitrogen and oxygen atoms in total. The van der Waals surface area contributed by atoms with Gasteiger partial charge in [-0.2, -0.15) is 0 Å². The highest BCUT2D eigenvalue weighted by molar-refractivity contribution is 5.92. The Morgan fingerprint density at radius 1 is 0.852 bits per heavy atom. The SMILES string of the molecule is O=C(c1ccc(N2CCCC2)nn1)N1CCN(CCc2ccccc2)CC1. The zero-order valence-electron chi connectivity index (χ0n) is 15.8. The van der Waals surface area contributed by atoms with E-state index in [0.29, 0.717) is 5.69 Å². The van der Waals surface area contributed by atoms with Crippen molar-refractivity contribution in [1.82, 2.24) is 20.0 Å². The first-order valence-corrected chi connectivity index (χ1v) is 9.94. The van der Waals surface area contributed by atoms with E-state index >= 15 is 0 Å². The molecule has 27 heavy (non-hydrogen) atoms. The molecule has 0 bridgehead atoms. The Bertz CT molecular complexity index is 735. The Morgan fingerprint density at radius 2 is 1.59 bits per heavy atom. The number of benzene rings is 1. The smallest absolute Gasteiger partial charge is 0.274 e. The summed E-state index contributed by atoms with van der Waals surface area (Å²) in [4.78, 5) is 19.3. The van der Waals surface area contributed by atoms with Gasteiger partial charge < -0.3 is 9.80 Å². The van der Waals surface area contributed by atoms with Crippen molar-refractivity contribution in [2.75, 3.05) is 50.7 Å². The summed E-state index contributed by atoms with van der Waals surface area (Å²) in [6.07, 6.45) is 3.46. The molecule has 2 aliphatic heterocycles. The molecule has 1 aromatic carbocycles. The number of hydrogen-bond acceptors (Lipinski definition) is 5. The molecule has 4 rings (SSSR count). The molecule has 2 fully saturated rings. The quantitative estimate of drug-likeness (QED) is 0.812. The van der Waals surface area contributed by atoms with E-state index in [1.54, 1.807) is 0 Å². The third kappa shape index (κ3) is 4.45. The first kappa shape index (κ1) is 17.9. The Kier molecular flexibility index (Phi) is 5.63. The summed E-state index contributed by atoms with van der Waals surface area (Å²) in [6.45, 7) is 6.44. The maximum Gasteiger partial charge on any atom is 0.274 e. The van der Waals surface area contributed by atoms with E-state index in [9.17, 15) is 4.79 Å². The molecule has 1 aromatic heterocycles. The van der Waals surface area contributed by atoms with Crippen LogP contribution in [-0.4, -0.2) is 71.7 Å². The first-order valence-electron chi connectivity index (χ1n) is 9.94. The highest BCUT2D eigenvalue weighted by Gasteiger charge is 2.23. The third-order valence-electron chi connectivity index (χ3n) is 5.52. The minimum atomic E-state index is -0.00168. The number of anilines is 1. The lowest BCUT2D eigenvalue weighted by Gasteiger charge is -2.34. The van der Waals surface area contributed by atoms with Crippen LogP contribution in [-0.2, 0) is 6.42 Å². The number of amides is 1. The number of hydrogen-bond donors (Lipinski definition) is 0. The largest absolute Gasteiger partial charge is 0.355 e. The van der Waals surface area contributed by atoms with Crippen molar-refractivity contribution in [3.63, 3.8) is 0 Å². The Hall–Kier alpha value is -2.47. The van der Waals surface area contributed by atoms with Crippen LogP contribution in [0.1, 0.15) is 28.9 Å². The predicted molar refractivity (Wildman–Crippen MR) is 106 cm³/mol. The molecule has 0 N–H and O–H groups in total. The molecular weight excluding hydrogens is 338 g/mol. The van der Waals surface area contributed by atoms with Gasteiger partial charge in [-0.05, 0) is 37.0 Å². The minimum Gasteiger partial charge on any atom is -0.355 e. The molecular formula is C21H27N5O. The Labute approximate surface area is 160 Å². The average molecular weight is 365 g/mol. The van der Waals surface area contributed by atoms with Crippen LogP contribution < -0.4 is 4.90 Å². The molecule has 2 saturated heterocycles. The number of carbonyl (C=O) groups is 1. The van der Waals surface area contributed by atoms with Crippen molar-refractivity contribution in [1.29, 1.82) is 0 Å². The van der Waals surface area contributed by atoms with Gasteiger partial charge in [0.25, 0.3) is 5.91 Å². The van der Waals surface area contributed by atoms with Crippen molar-refractivity contribution in [2.24, 2.45) is 0 Å². The maximum absolute atomic E-state index is 12.7. The first-order chi connectivity index (χ1) is 13.3. The normalized spacial score (nSPS) is 18.1. The zero-order valence-corrected chi connectivity index (χ0v) is 15.8. The third-order valence-corrected chi connectivity index (χ3v) is 5.52. The molecule has 0 atom stereocenters. The van der Waals surface area contributed by atoms with Crippen LogP contribution in [0, 0.1) is 0 Å². The molecule has 2 aliphatic rings. The molecule has 0 unspecified atom stereocenters. The van der Waals surface area contributed by atoms with Crippen LogP contribution in [0.4, 0.5) is 5.82 Å². The van der Waals surface area contributed by atoms with Gasteiger partial charge in [0.15, 0.2) is 11.5 Å². The molecule has 0 spiro atoms. The van der Waals surface area contributed by atoms with Crippen LogP contribution in [0.3, 0.4) is 0 Å². The van der Waals surface area contributed by atoms with Gasteiger partial charge in [0, 0.05) is 45.8 Å². The van der Waals surface area contributed by atoms with Gasteiger partial charge in [0.05, 0.1) is 0 Å². The summed E-state index contributed by atoms with van der Waals surface area (Å²) in [6, 6.07) is 14.3. The Morgan fingerprint density at radius 3 is 2.26 bits per heavy atom. The van der Waals surface area contributed by atoms with Gasteiger partial charge in [-0.25, -0.2) is 0 Å². The number of nitrogens with zero attached hydrogens (tertiary/aromatic N) is 5. The van der Waals surface area contributed by atoms with Crippen LogP contribution in [0.25, 0.3) is 0 Å².